The first-order valence-corrected chi connectivity index (χ1v) is 7.50. The normalized spacial score (nSPS) is 13.7. The summed E-state index contributed by atoms with van der Waals surface area (Å²) in [5, 5.41) is 13.1. The molecule has 19 heavy (non-hydrogen) atoms. The van der Waals surface area contributed by atoms with Crippen LogP contribution in [0.4, 0.5) is 0 Å². The second-order valence-electron chi connectivity index (χ2n) is 6.21. The lowest BCUT2D eigenvalue weighted by atomic mass is 9.81. The van der Waals surface area contributed by atoms with Gasteiger partial charge in [-0.05, 0) is 31.4 Å². The van der Waals surface area contributed by atoms with Crippen LogP contribution < -0.4 is 5.32 Å². The predicted molar refractivity (Wildman–Crippen MR) is 80.8 cm³/mol. The van der Waals surface area contributed by atoms with Gasteiger partial charge in [0, 0.05) is 16.8 Å². The molecule has 1 atom stereocenters. The van der Waals surface area contributed by atoms with E-state index in [2.05, 4.69) is 5.32 Å². The number of aryl methyl sites for hydroxylation is 2. The van der Waals surface area contributed by atoms with Gasteiger partial charge in [0.05, 0.1) is 11.0 Å². The van der Waals surface area contributed by atoms with Gasteiger partial charge in [0.15, 0.2) is 0 Å². The summed E-state index contributed by atoms with van der Waals surface area (Å²) in [5.74, 6) is 0.128. The molecule has 1 aromatic rings. The van der Waals surface area contributed by atoms with Crippen LogP contribution in [0.25, 0.3) is 0 Å². The second kappa shape index (κ2) is 6.06. The topological polar surface area (TPSA) is 49.3 Å². The van der Waals surface area contributed by atoms with E-state index in [4.69, 9.17) is 0 Å². The molecular weight excluding hydrogens is 258 g/mol. The van der Waals surface area contributed by atoms with Crippen LogP contribution in [0.3, 0.4) is 0 Å². The predicted octanol–water partition coefficient (Wildman–Crippen LogP) is 3.14. The van der Waals surface area contributed by atoms with E-state index in [0.29, 0.717) is 6.54 Å². The number of amides is 1. The van der Waals surface area contributed by atoms with Crippen LogP contribution in [-0.4, -0.2) is 23.7 Å². The maximum absolute atomic E-state index is 12.1. The molecule has 0 saturated carbocycles. The number of nitrogens with one attached hydrogen (secondary N) is 1. The van der Waals surface area contributed by atoms with Gasteiger partial charge in [-0.15, -0.1) is 11.3 Å². The number of hydrogen-bond donors (Lipinski definition) is 2. The molecule has 0 aliphatic carbocycles. The maximum atomic E-state index is 12.1. The van der Waals surface area contributed by atoms with Crippen LogP contribution in [0.1, 0.15) is 47.8 Å². The first-order chi connectivity index (χ1) is 8.65. The van der Waals surface area contributed by atoms with Gasteiger partial charge in [-0.3, -0.25) is 4.79 Å². The van der Waals surface area contributed by atoms with Crippen molar-refractivity contribution in [2.24, 2.45) is 11.3 Å². The monoisotopic (exact) mass is 283 g/mol. The molecule has 1 amide bonds. The molecule has 0 saturated heterocycles. The van der Waals surface area contributed by atoms with Crippen molar-refractivity contribution in [3.05, 3.63) is 21.4 Å². The van der Waals surface area contributed by atoms with Crippen LogP contribution >= 0.6 is 11.3 Å². The Morgan fingerprint density at radius 3 is 2.42 bits per heavy atom. The fourth-order valence-electron chi connectivity index (χ4n) is 2.09. The minimum atomic E-state index is -0.431. The molecule has 0 aromatic carbocycles. The molecular formula is C15H25NO2S. The average Bonchev–Trinajstić information content (AvgIpc) is 2.65. The van der Waals surface area contributed by atoms with Gasteiger partial charge in [-0.25, -0.2) is 0 Å². The van der Waals surface area contributed by atoms with Crippen LogP contribution in [-0.2, 0) is 0 Å². The van der Waals surface area contributed by atoms with Crippen LogP contribution in [0, 0.1) is 25.2 Å². The van der Waals surface area contributed by atoms with Gasteiger partial charge < -0.3 is 10.4 Å². The van der Waals surface area contributed by atoms with E-state index in [-0.39, 0.29) is 17.2 Å². The lowest BCUT2D eigenvalue weighted by molar-refractivity contribution is 0.0138. The Kier molecular flexibility index (Phi) is 5.16. The molecule has 0 aliphatic rings. The Bertz CT molecular complexity index is 429. The molecule has 1 heterocycles. The molecule has 3 nitrogen and oxygen atoms in total. The Hall–Kier alpha value is -0.870. The Balaban J connectivity index is 2.64. The zero-order chi connectivity index (χ0) is 14.8. The third kappa shape index (κ3) is 4.05. The van der Waals surface area contributed by atoms with E-state index in [1.165, 1.54) is 16.2 Å². The van der Waals surface area contributed by atoms with Crippen LogP contribution in [0.2, 0.25) is 0 Å². The summed E-state index contributed by atoms with van der Waals surface area (Å²) < 4.78 is 0. The van der Waals surface area contributed by atoms with Gasteiger partial charge in [-0.2, -0.15) is 0 Å². The highest BCUT2D eigenvalue weighted by atomic mass is 32.1. The van der Waals surface area contributed by atoms with Crippen molar-refractivity contribution in [3.8, 4) is 0 Å². The van der Waals surface area contributed by atoms with Crippen molar-refractivity contribution in [2.75, 3.05) is 6.54 Å². The maximum Gasteiger partial charge on any atom is 0.261 e. The number of carbonyl (C=O) groups excluding carboxylic acids is 1. The standard InChI is InChI=1S/C15H25NO2S/c1-9(2)13(17)15(5,6)8-16-14(18)12-7-10(3)11(4)19-12/h7,9,13,17H,8H2,1-6H3,(H,16,18). The smallest absolute Gasteiger partial charge is 0.261 e. The molecule has 1 aromatic heterocycles. The lowest BCUT2D eigenvalue weighted by Crippen LogP contribution is -2.43. The zero-order valence-corrected chi connectivity index (χ0v) is 13.5. The Morgan fingerprint density at radius 1 is 1.42 bits per heavy atom. The number of carbonyl (C=O) groups is 1. The number of aliphatic hydroxyl groups excluding tert-OH is 1. The van der Waals surface area contributed by atoms with Crippen molar-refractivity contribution >= 4 is 17.2 Å². The molecule has 0 spiro atoms. The summed E-state index contributed by atoms with van der Waals surface area (Å²) in [7, 11) is 0. The minimum absolute atomic E-state index is 0.0507. The van der Waals surface area contributed by atoms with Crippen LogP contribution in [0.5, 0.6) is 0 Å². The molecule has 1 unspecified atom stereocenters. The number of rotatable bonds is 5. The summed E-state index contributed by atoms with van der Waals surface area (Å²) in [6.07, 6.45) is -0.431. The fourth-order valence-corrected chi connectivity index (χ4v) is 3.04. The van der Waals surface area contributed by atoms with Crippen molar-refractivity contribution in [2.45, 2.75) is 47.6 Å². The van der Waals surface area contributed by atoms with Crippen molar-refractivity contribution in [1.29, 1.82) is 0 Å². The van der Waals surface area contributed by atoms with E-state index in [0.717, 1.165) is 10.4 Å². The SMILES string of the molecule is Cc1cc(C(=O)NCC(C)(C)C(O)C(C)C)sc1C. The van der Waals surface area contributed by atoms with Crippen molar-refractivity contribution in [3.63, 3.8) is 0 Å². The molecule has 0 radical (unpaired) electrons. The third-order valence-electron chi connectivity index (χ3n) is 3.53. The molecule has 0 aliphatic heterocycles. The number of thiophene rings is 1. The zero-order valence-electron chi connectivity index (χ0n) is 12.7. The number of hydrogen-bond acceptors (Lipinski definition) is 3. The van der Waals surface area contributed by atoms with Gasteiger partial charge in [0.2, 0.25) is 0 Å². The second-order valence-corrected chi connectivity index (χ2v) is 7.47. The average molecular weight is 283 g/mol. The third-order valence-corrected chi connectivity index (χ3v) is 4.68. The summed E-state index contributed by atoms with van der Waals surface area (Å²) >= 11 is 1.51. The quantitative estimate of drug-likeness (QED) is 0.872. The van der Waals surface area contributed by atoms with E-state index < -0.39 is 6.10 Å². The first-order valence-electron chi connectivity index (χ1n) is 6.68. The molecule has 4 heteroatoms. The Labute approximate surface area is 120 Å². The molecule has 2 N–H and O–H groups in total. The lowest BCUT2D eigenvalue weighted by Gasteiger charge is -2.33. The minimum Gasteiger partial charge on any atom is -0.392 e. The van der Waals surface area contributed by atoms with Gasteiger partial charge >= 0.3 is 0 Å². The van der Waals surface area contributed by atoms with E-state index in [9.17, 15) is 9.90 Å². The first kappa shape index (κ1) is 16.2. The van der Waals surface area contributed by atoms with Gasteiger partial charge in [0.1, 0.15) is 0 Å². The Morgan fingerprint density at radius 2 is 2.00 bits per heavy atom. The highest BCUT2D eigenvalue weighted by Crippen LogP contribution is 2.26. The van der Waals surface area contributed by atoms with E-state index in [1.807, 2.05) is 47.6 Å². The number of aliphatic hydroxyl groups is 1. The van der Waals surface area contributed by atoms with Gasteiger partial charge in [0.25, 0.3) is 5.91 Å². The summed E-state index contributed by atoms with van der Waals surface area (Å²) in [5.41, 5.74) is 0.821. The van der Waals surface area contributed by atoms with E-state index in [1.54, 1.807) is 0 Å². The van der Waals surface area contributed by atoms with Crippen molar-refractivity contribution in [1.82, 2.24) is 5.32 Å². The largest absolute Gasteiger partial charge is 0.392 e. The molecule has 0 fully saturated rings. The van der Waals surface area contributed by atoms with Gasteiger partial charge in [-0.1, -0.05) is 27.7 Å². The molecule has 1 rings (SSSR count). The summed E-state index contributed by atoms with van der Waals surface area (Å²) in [6, 6.07) is 1.92. The molecule has 108 valence electrons. The summed E-state index contributed by atoms with van der Waals surface area (Å²) in [4.78, 5) is 14.0. The highest BCUT2D eigenvalue weighted by Gasteiger charge is 2.30. The van der Waals surface area contributed by atoms with E-state index >= 15 is 0 Å². The highest BCUT2D eigenvalue weighted by molar-refractivity contribution is 7.14. The fraction of sp³-hybridized carbons (Fsp3) is 0.667. The van der Waals surface area contributed by atoms with Crippen molar-refractivity contribution < 1.29 is 9.90 Å². The van der Waals surface area contributed by atoms with Crippen LogP contribution in [0.15, 0.2) is 6.07 Å². The molecule has 0 bridgehead atoms. The summed E-state index contributed by atoms with van der Waals surface area (Å²) in [6.45, 7) is 12.4.